The quantitative estimate of drug-likeness (QED) is 0.272. The van der Waals surface area contributed by atoms with Gasteiger partial charge in [-0.05, 0) is 39.8 Å². The summed E-state index contributed by atoms with van der Waals surface area (Å²) < 4.78 is 15.7. The zero-order chi connectivity index (χ0) is 20.9. The molecule has 0 aromatic carbocycles. The van der Waals surface area contributed by atoms with Crippen LogP contribution >= 0.6 is 0 Å². The van der Waals surface area contributed by atoms with E-state index >= 15 is 0 Å². The number of aliphatic imine (C=N–C) groups is 1. The summed E-state index contributed by atoms with van der Waals surface area (Å²) >= 11 is 0. The number of allylic oxidation sites excluding steroid dienone is 1. The van der Waals surface area contributed by atoms with Crippen LogP contribution in [-0.4, -0.2) is 71.9 Å². The Labute approximate surface area is 158 Å². The van der Waals surface area contributed by atoms with Crippen molar-refractivity contribution in [1.29, 1.82) is 0 Å². The van der Waals surface area contributed by atoms with Crippen molar-refractivity contribution in [3.05, 3.63) is 24.3 Å². The number of carbonyl (C=O) groups excluding carboxylic acids is 2. The van der Waals surface area contributed by atoms with E-state index in [1.165, 1.54) is 26.1 Å². The summed E-state index contributed by atoms with van der Waals surface area (Å²) in [5.41, 5.74) is -1.54. The molecular weight excluding hydrogens is 358 g/mol. The second kappa shape index (κ2) is 12.9. The Morgan fingerprint density at radius 1 is 1.04 bits per heavy atom. The number of rotatable bonds is 13. The summed E-state index contributed by atoms with van der Waals surface area (Å²) in [7, 11) is 0. The van der Waals surface area contributed by atoms with Crippen molar-refractivity contribution >= 4 is 23.9 Å². The molecule has 152 valence electrons. The maximum Gasteiger partial charge on any atom is 0.330 e. The van der Waals surface area contributed by atoms with Crippen LogP contribution in [0.3, 0.4) is 0 Å². The summed E-state index contributed by atoms with van der Waals surface area (Å²) in [5.74, 6) is -2.37. The minimum Gasteiger partial charge on any atom is -0.478 e. The molecule has 0 saturated carbocycles. The predicted molar refractivity (Wildman–Crippen MR) is 97.5 cm³/mol. The molecule has 0 aliphatic carbocycles. The molecule has 0 rings (SSSR count). The van der Waals surface area contributed by atoms with Crippen molar-refractivity contribution in [2.45, 2.75) is 45.5 Å². The van der Waals surface area contributed by atoms with Crippen LogP contribution in [0.5, 0.6) is 0 Å². The lowest BCUT2D eigenvalue weighted by Gasteiger charge is -2.16. The maximum absolute atomic E-state index is 11.5. The summed E-state index contributed by atoms with van der Waals surface area (Å²) in [6.07, 6.45) is 4.82. The molecule has 27 heavy (non-hydrogen) atoms. The number of aliphatic carboxylic acids is 1. The molecular formula is C18H27NO8. The van der Waals surface area contributed by atoms with E-state index in [1.54, 1.807) is 13.8 Å². The first-order valence-electron chi connectivity index (χ1n) is 8.26. The summed E-state index contributed by atoms with van der Waals surface area (Å²) in [6.45, 7) is 6.41. The first-order valence-corrected chi connectivity index (χ1v) is 8.26. The Kier molecular flexibility index (Phi) is 11.8. The molecule has 0 fully saturated rings. The number of nitrogens with zero attached hydrogens (tertiary/aromatic N) is 1. The molecule has 0 aliphatic heterocycles. The van der Waals surface area contributed by atoms with E-state index in [1.807, 2.05) is 0 Å². The number of carboxylic acid groups (broad SMARTS) is 1. The molecule has 0 aromatic rings. The van der Waals surface area contributed by atoms with E-state index in [0.717, 1.165) is 18.2 Å². The molecule has 2 unspecified atom stereocenters. The highest BCUT2D eigenvalue weighted by atomic mass is 16.6. The van der Waals surface area contributed by atoms with Crippen LogP contribution in [-0.2, 0) is 28.6 Å². The van der Waals surface area contributed by atoms with Gasteiger partial charge in [0.15, 0.2) is 5.78 Å². The van der Waals surface area contributed by atoms with Crippen molar-refractivity contribution in [3.63, 3.8) is 0 Å². The zero-order valence-corrected chi connectivity index (χ0v) is 16.0. The second-order valence-corrected chi connectivity index (χ2v) is 6.17. The van der Waals surface area contributed by atoms with E-state index < -0.39 is 23.3 Å². The molecule has 9 heteroatoms. The molecule has 2 atom stereocenters. The van der Waals surface area contributed by atoms with Crippen LogP contribution in [0.4, 0.5) is 0 Å². The normalized spacial score (nSPS) is 14.7. The van der Waals surface area contributed by atoms with Gasteiger partial charge in [-0.15, -0.1) is 0 Å². The Bertz CT molecular complexity index is 574. The molecule has 0 saturated heterocycles. The van der Waals surface area contributed by atoms with Gasteiger partial charge in [0.1, 0.15) is 18.9 Å². The highest BCUT2D eigenvalue weighted by Gasteiger charge is 2.21. The van der Waals surface area contributed by atoms with Gasteiger partial charge < -0.3 is 24.4 Å². The van der Waals surface area contributed by atoms with Crippen LogP contribution in [0.1, 0.15) is 27.7 Å². The first-order chi connectivity index (χ1) is 12.5. The number of ketones is 1. The lowest BCUT2D eigenvalue weighted by atomic mass is 10.0. The average molecular weight is 385 g/mol. The van der Waals surface area contributed by atoms with Crippen molar-refractivity contribution in [3.8, 4) is 0 Å². The molecule has 0 radical (unpaired) electrons. The van der Waals surface area contributed by atoms with Crippen LogP contribution in [0.15, 0.2) is 29.3 Å². The smallest absolute Gasteiger partial charge is 0.330 e. The van der Waals surface area contributed by atoms with E-state index in [4.69, 9.17) is 19.3 Å². The Hall–Kier alpha value is -2.36. The molecule has 0 bridgehead atoms. The van der Waals surface area contributed by atoms with Crippen molar-refractivity contribution in [1.82, 2.24) is 0 Å². The molecule has 0 amide bonds. The van der Waals surface area contributed by atoms with Crippen LogP contribution < -0.4 is 0 Å². The third kappa shape index (κ3) is 14.5. The lowest BCUT2D eigenvalue weighted by Crippen LogP contribution is -2.29. The third-order valence-electron chi connectivity index (χ3n) is 2.91. The van der Waals surface area contributed by atoms with E-state index in [-0.39, 0.29) is 32.2 Å². The minimum absolute atomic E-state index is 0.00919. The fourth-order valence-electron chi connectivity index (χ4n) is 1.39. The van der Waals surface area contributed by atoms with Gasteiger partial charge in [-0.3, -0.25) is 9.79 Å². The molecule has 9 nitrogen and oxygen atoms in total. The van der Waals surface area contributed by atoms with Gasteiger partial charge in [-0.25, -0.2) is 9.59 Å². The van der Waals surface area contributed by atoms with E-state index in [2.05, 4.69) is 4.99 Å². The number of carbonyl (C=O) groups is 3. The fourth-order valence-corrected chi connectivity index (χ4v) is 1.39. The maximum atomic E-state index is 11.5. The van der Waals surface area contributed by atoms with Gasteiger partial charge in [0.05, 0.1) is 18.8 Å². The Balaban J connectivity index is 3.97. The topological polar surface area (TPSA) is 132 Å². The summed E-state index contributed by atoms with van der Waals surface area (Å²) in [6, 6.07) is 0. The van der Waals surface area contributed by atoms with Gasteiger partial charge in [0, 0.05) is 18.4 Å². The predicted octanol–water partition coefficient (Wildman–Crippen LogP) is 0.905. The first kappa shape index (κ1) is 24.6. The lowest BCUT2D eigenvalue weighted by molar-refractivity contribution is -0.143. The molecule has 2 N–H and O–H groups in total. The van der Waals surface area contributed by atoms with Gasteiger partial charge in [-0.1, -0.05) is 0 Å². The number of aliphatic hydroxyl groups is 1. The fraction of sp³-hybridized carbons (Fsp3) is 0.556. The van der Waals surface area contributed by atoms with Crippen molar-refractivity contribution in [2.24, 2.45) is 4.99 Å². The van der Waals surface area contributed by atoms with E-state index in [9.17, 15) is 19.5 Å². The highest BCUT2D eigenvalue weighted by Crippen LogP contribution is 2.04. The van der Waals surface area contributed by atoms with Crippen LogP contribution in [0.25, 0.3) is 0 Å². The standard InChI is InChI=1S/C18H27NO8/c1-13(11-26-17(23)8-7-15(20)18(3,4)24)25-10-14(2)27-12-19-9-5-6-16(21)22/h5-9,13-14,24H,10-12H2,1-4H3,(H,21,22)/b6-5+,8-7+,19-9-. The highest BCUT2D eigenvalue weighted by molar-refractivity contribution is 6.00. The van der Waals surface area contributed by atoms with Gasteiger partial charge in [-0.2, -0.15) is 0 Å². The van der Waals surface area contributed by atoms with Crippen LogP contribution in [0, 0.1) is 0 Å². The Morgan fingerprint density at radius 3 is 2.26 bits per heavy atom. The summed E-state index contributed by atoms with van der Waals surface area (Å²) in [5, 5.41) is 17.8. The van der Waals surface area contributed by atoms with Crippen LogP contribution in [0.2, 0.25) is 0 Å². The van der Waals surface area contributed by atoms with Crippen molar-refractivity contribution in [2.75, 3.05) is 19.9 Å². The monoisotopic (exact) mass is 385 g/mol. The number of carboxylic acids is 1. The largest absolute Gasteiger partial charge is 0.478 e. The molecule has 0 heterocycles. The second-order valence-electron chi connectivity index (χ2n) is 6.17. The average Bonchev–Trinajstić information content (AvgIpc) is 2.57. The molecule has 0 aromatic heterocycles. The van der Waals surface area contributed by atoms with Gasteiger partial charge in [0.25, 0.3) is 0 Å². The third-order valence-corrected chi connectivity index (χ3v) is 2.91. The number of ether oxygens (including phenoxy) is 3. The number of esters is 1. The summed E-state index contributed by atoms with van der Waals surface area (Å²) in [4.78, 5) is 37.0. The SMILES string of the molecule is CC(COC(=O)/C=C/C(=O)C(C)(C)O)OCC(C)OC/N=C\C=C\C(=O)O. The van der Waals surface area contributed by atoms with Crippen molar-refractivity contribution < 1.29 is 38.8 Å². The van der Waals surface area contributed by atoms with E-state index in [0.29, 0.717) is 0 Å². The van der Waals surface area contributed by atoms with Gasteiger partial charge >= 0.3 is 11.9 Å². The minimum atomic E-state index is -1.54. The molecule has 0 aliphatic rings. The number of hydrogen-bond acceptors (Lipinski definition) is 8. The Morgan fingerprint density at radius 2 is 1.67 bits per heavy atom. The number of hydrogen-bond donors (Lipinski definition) is 2. The van der Waals surface area contributed by atoms with Gasteiger partial charge in [0.2, 0.25) is 0 Å². The molecule has 0 spiro atoms. The zero-order valence-electron chi connectivity index (χ0n) is 16.0.